The molecule has 1 amide bonds. The van der Waals surface area contributed by atoms with Crippen LogP contribution in [0.1, 0.15) is 12.0 Å². The smallest absolute Gasteiger partial charge is 0.228 e. The zero-order chi connectivity index (χ0) is 11.5. The lowest BCUT2D eigenvalue weighted by atomic mass is 10.1. The first-order valence-corrected chi connectivity index (χ1v) is 5.40. The Kier molecular flexibility index (Phi) is 3.17. The van der Waals surface area contributed by atoms with Crippen molar-refractivity contribution in [3.63, 3.8) is 0 Å². The first-order valence-electron chi connectivity index (χ1n) is 5.40. The Bertz CT molecular complexity index is 393. The number of carbonyl (C=O) groups excluding carboxylic acids is 1. The minimum atomic E-state index is 0.0946. The molecule has 0 radical (unpaired) electrons. The Morgan fingerprint density at radius 1 is 1.50 bits per heavy atom. The van der Waals surface area contributed by atoms with Gasteiger partial charge in [-0.2, -0.15) is 0 Å². The molecule has 0 spiro atoms. The van der Waals surface area contributed by atoms with E-state index in [1.807, 2.05) is 12.1 Å². The fourth-order valence-corrected chi connectivity index (χ4v) is 1.90. The van der Waals surface area contributed by atoms with Gasteiger partial charge in [-0.3, -0.25) is 9.69 Å². The SMILES string of the molecule is NCc1ccnc(N2CC(CN)CC2=O)c1. The Morgan fingerprint density at radius 2 is 2.31 bits per heavy atom. The molecule has 0 aliphatic carbocycles. The van der Waals surface area contributed by atoms with E-state index in [0.29, 0.717) is 31.9 Å². The average molecular weight is 220 g/mol. The number of hydrogen-bond acceptors (Lipinski definition) is 4. The van der Waals surface area contributed by atoms with Crippen molar-refractivity contribution in [1.82, 2.24) is 4.98 Å². The van der Waals surface area contributed by atoms with Gasteiger partial charge in [0.25, 0.3) is 0 Å². The molecular weight excluding hydrogens is 204 g/mol. The van der Waals surface area contributed by atoms with E-state index in [1.165, 1.54) is 0 Å². The number of nitrogens with two attached hydrogens (primary N) is 2. The van der Waals surface area contributed by atoms with Crippen LogP contribution < -0.4 is 16.4 Å². The van der Waals surface area contributed by atoms with Crippen LogP contribution in [0.15, 0.2) is 18.3 Å². The van der Waals surface area contributed by atoms with Gasteiger partial charge in [0.15, 0.2) is 0 Å². The molecule has 0 aromatic carbocycles. The van der Waals surface area contributed by atoms with Gasteiger partial charge in [0.2, 0.25) is 5.91 Å². The monoisotopic (exact) mass is 220 g/mol. The Hall–Kier alpha value is -1.46. The minimum Gasteiger partial charge on any atom is -0.330 e. The van der Waals surface area contributed by atoms with E-state index in [-0.39, 0.29) is 11.8 Å². The summed E-state index contributed by atoms with van der Waals surface area (Å²) in [7, 11) is 0. The fourth-order valence-electron chi connectivity index (χ4n) is 1.90. The van der Waals surface area contributed by atoms with Gasteiger partial charge in [0, 0.05) is 25.7 Å². The molecule has 2 heterocycles. The highest BCUT2D eigenvalue weighted by Crippen LogP contribution is 2.23. The molecule has 1 aliphatic heterocycles. The number of nitrogens with zero attached hydrogens (tertiary/aromatic N) is 2. The van der Waals surface area contributed by atoms with Gasteiger partial charge in [0.05, 0.1) is 0 Å². The van der Waals surface area contributed by atoms with E-state index in [4.69, 9.17) is 11.5 Å². The maximum atomic E-state index is 11.7. The molecule has 1 atom stereocenters. The fraction of sp³-hybridized carbons (Fsp3) is 0.455. The molecule has 1 aliphatic rings. The van der Waals surface area contributed by atoms with Gasteiger partial charge in [0.1, 0.15) is 5.82 Å². The van der Waals surface area contributed by atoms with Gasteiger partial charge in [-0.25, -0.2) is 4.98 Å². The first kappa shape index (κ1) is 11.0. The maximum Gasteiger partial charge on any atom is 0.228 e. The summed E-state index contributed by atoms with van der Waals surface area (Å²) in [6, 6.07) is 3.71. The second-order valence-electron chi connectivity index (χ2n) is 4.04. The van der Waals surface area contributed by atoms with Crippen molar-refractivity contribution < 1.29 is 4.79 Å². The summed E-state index contributed by atoms with van der Waals surface area (Å²) in [4.78, 5) is 17.6. The number of carbonyl (C=O) groups is 1. The van der Waals surface area contributed by atoms with Gasteiger partial charge < -0.3 is 11.5 Å². The number of anilines is 1. The molecule has 4 N–H and O–H groups in total. The minimum absolute atomic E-state index is 0.0946. The molecule has 5 nitrogen and oxygen atoms in total. The second-order valence-corrected chi connectivity index (χ2v) is 4.04. The summed E-state index contributed by atoms with van der Waals surface area (Å²) < 4.78 is 0. The van der Waals surface area contributed by atoms with Crippen LogP contribution in [0, 0.1) is 5.92 Å². The predicted molar refractivity (Wildman–Crippen MR) is 61.6 cm³/mol. The van der Waals surface area contributed by atoms with E-state index >= 15 is 0 Å². The van der Waals surface area contributed by atoms with Crippen molar-refractivity contribution in [3.05, 3.63) is 23.9 Å². The highest BCUT2D eigenvalue weighted by atomic mass is 16.2. The first-order chi connectivity index (χ1) is 7.74. The van der Waals surface area contributed by atoms with Crippen LogP contribution in [0.3, 0.4) is 0 Å². The van der Waals surface area contributed by atoms with Crippen molar-refractivity contribution in [2.24, 2.45) is 17.4 Å². The third-order valence-corrected chi connectivity index (χ3v) is 2.86. The molecule has 5 heteroatoms. The third-order valence-electron chi connectivity index (χ3n) is 2.86. The number of rotatable bonds is 3. The number of aromatic nitrogens is 1. The Labute approximate surface area is 94.4 Å². The van der Waals surface area contributed by atoms with Crippen LogP contribution in [0.5, 0.6) is 0 Å². The lowest BCUT2D eigenvalue weighted by molar-refractivity contribution is -0.117. The highest BCUT2D eigenvalue weighted by Gasteiger charge is 2.30. The van der Waals surface area contributed by atoms with Crippen LogP contribution in [0.2, 0.25) is 0 Å². The zero-order valence-corrected chi connectivity index (χ0v) is 9.10. The van der Waals surface area contributed by atoms with Gasteiger partial charge in [-0.15, -0.1) is 0 Å². The van der Waals surface area contributed by atoms with Crippen LogP contribution in [-0.4, -0.2) is 24.0 Å². The molecule has 16 heavy (non-hydrogen) atoms. The average Bonchev–Trinajstić information content (AvgIpc) is 2.71. The van der Waals surface area contributed by atoms with Crippen LogP contribution in [0.25, 0.3) is 0 Å². The Balaban J connectivity index is 2.20. The summed E-state index contributed by atoms with van der Waals surface area (Å²) in [5, 5.41) is 0. The van der Waals surface area contributed by atoms with Crippen LogP contribution >= 0.6 is 0 Å². The van der Waals surface area contributed by atoms with Gasteiger partial charge >= 0.3 is 0 Å². The van der Waals surface area contributed by atoms with Gasteiger partial charge in [-0.1, -0.05) is 0 Å². The summed E-state index contributed by atoms with van der Waals surface area (Å²) in [6.45, 7) is 1.66. The van der Waals surface area contributed by atoms with Crippen molar-refractivity contribution in [2.45, 2.75) is 13.0 Å². The van der Waals surface area contributed by atoms with Crippen LogP contribution in [0.4, 0.5) is 5.82 Å². The topological polar surface area (TPSA) is 85.2 Å². The van der Waals surface area contributed by atoms with E-state index in [2.05, 4.69) is 4.98 Å². The molecule has 1 aromatic heterocycles. The van der Waals surface area contributed by atoms with Crippen molar-refractivity contribution >= 4 is 11.7 Å². The predicted octanol–water partition coefficient (Wildman–Crippen LogP) is -0.148. The largest absolute Gasteiger partial charge is 0.330 e. The third kappa shape index (κ3) is 2.05. The van der Waals surface area contributed by atoms with E-state index in [0.717, 1.165) is 5.56 Å². The van der Waals surface area contributed by atoms with Gasteiger partial charge in [-0.05, 0) is 30.2 Å². The maximum absolute atomic E-state index is 11.7. The summed E-state index contributed by atoms with van der Waals surface area (Å²) in [5.74, 6) is 1.02. The molecule has 1 fully saturated rings. The lowest BCUT2D eigenvalue weighted by Crippen LogP contribution is -2.26. The van der Waals surface area contributed by atoms with Crippen molar-refractivity contribution in [3.8, 4) is 0 Å². The number of hydrogen-bond donors (Lipinski definition) is 2. The summed E-state index contributed by atoms with van der Waals surface area (Å²) >= 11 is 0. The zero-order valence-electron chi connectivity index (χ0n) is 9.10. The standard InChI is InChI=1S/C11H16N4O/c12-5-8-1-2-14-10(3-8)15-7-9(6-13)4-11(15)16/h1-3,9H,4-7,12-13H2. The molecule has 1 aromatic rings. The molecule has 2 rings (SSSR count). The van der Waals surface area contributed by atoms with E-state index < -0.39 is 0 Å². The normalized spacial score (nSPS) is 20.5. The molecule has 0 bridgehead atoms. The molecule has 1 saturated heterocycles. The van der Waals surface area contributed by atoms with E-state index in [9.17, 15) is 4.79 Å². The van der Waals surface area contributed by atoms with E-state index in [1.54, 1.807) is 11.1 Å². The quantitative estimate of drug-likeness (QED) is 0.742. The summed E-state index contributed by atoms with van der Waals surface area (Å²) in [5.41, 5.74) is 12.1. The summed E-state index contributed by atoms with van der Waals surface area (Å²) in [6.07, 6.45) is 2.20. The number of amides is 1. The van der Waals surface area contributed by atoms with Crippen molar-refractivity contribution in [1.29, 1.82) is 0 Å². The molecule has 86 valence electrons. The van der Waals surface area contributed by atoms with Crippen molar-refractivity contribution in [2.75, 3.05) is 18.0 Å². The molecule has 1 unspecified atom stereocenters. The second kappa shape index (κ2) is 4.59. The lowest BCUT2D eigenvalue weighted by Gasteiger charge is -2.15. The highest BCUT2D eigenvalue weighted by molar-refractivity contribution is 5.94. The molecule has 0 saturated carbocycles. The molecular formula is C11H16N4O. The number of pyridine rings is 1. The Morgan fingerprint density at radius 3 is 2.94 bits per heavy atom. The van der Waals surface area contributed by atoms with Crippen LogP contribution in [-0.2, 0) is 11.3 Å².